The highest BCUT2D eigenvalue weighted by Gasteiger charge is 2.32. The maximum atomic E-state index is 10.4. The summed E-state index contributed by atoms with van der Waals surface area (Å²) < 4.78 is 5.15. The zero-order valence-electron chi connectivity index (χ0n) is 31.8. The molecular formula is C38H76O13. The smallest absolute Gasteiger partial charge is 0.303 e. The number of carboxylic acids is 3. The Morgan fingerprint density at radius 3 is 0.765 bits per heavy atom. The van der Waals surface area contributed by atoms with Crippen LogP contribution in [-0.4, -0.2) is 117 Å². The average Bonchev–Trinajstić information content (AvgIpc) is 3.12. The van der Waals surface area contributed by atoms with Gasteiger partial charge in [0, 0.05) is 19.3 Å². The van der Waals surface area contributed by atoms with E-state index in [-0.39, 0.29) is 26.1 Å². The molecule has 0 spiro atoms. The van der Waals surface area contributed by atoms with E-state index in [1.165, 1.54) is 109 Å². The van der Waals surface area contributed by atoms with Crippen molar-refractivity contribution < 1.29 is 65.1 Å². The summed E-state index contributed by atoms with van der Waals surface area (Å²) in [4.78, 5) is 30.2. The molecule has 0 saturated heterocycles. The molecular weight excluding hydrogens is 664 g/mol. The highest BCUT2D eigenvalue weighted by atomic mass is 16.5. The van der Waals surface area contributed by atoms with Crippen molar-refractivity contribution in [3.05, 3.63) is 0 Å². The summed E-state index contributed by atoms with van der Waals surface area (Å²) in [5.74, 6) is -2.39. The predicted molar refractivity (Wildman–Crippen MR) is 198 cm³/mol. The van der Waals surface area contributed by atoms with Crippen LogP contribution in [0.5, 0.6) is 0 Å². The summed E-state index contributed by atoms with van der Waals surface area (Å²) in [7, 11) is 0. The van der Waals surface area contributed by atoms with E-state index in [4.69, 9.17) is 50.7 Å². The molecule has 0 amide bonds. The zero-order valence-corrected chi connectivity index (χ0v) is 31.8. The van der Waals surface area contributed by atoms with Crippen molar-refractivity contribution in [1.82, 2.24) is 0 Å². The van der Waals surface area contributed by atoms with Gasteiger partial charge in [-0.3, -0.25) is 14.4 Å². The van der Waals surface area contributed by atoms with E-state index >= 15 is 0 Å². The number of aliphatic hydroxyl groups excluding tert-OH is 6. The Bertz CT molecular complexity index is 718. The highest BCUT2D eigenvalue weighted by Crippen LogP contribution is 2.20. The third-order valence-corrected chi connectivity index (χ3v) is 8.85. The summed E-state index contributed by atoms with van der Waals surface area (Å²) >= 11 is 0. The van der Waals surface area contributed by atoms with Gasteiger partial charge in [-0.25, -0.2) is 0 Å². The number of ether oxygens (including phenoxy) is 1. The van der Waals surface area contributed by atoms with E-state index in [1.54, 1.807) is 0 Å². The van der Waals surface area contributed by atoms with Gasteiger partial charge in [0.25, 0.3) is 0 Å². The topological polar surface area (TPSA) is 243 Å². The second-order valence-electron chi connectivity index (χ2n) is 13.9. The summed E-state index contributed by atoms with van der Waals surface area (Å²) in [6.07, 6.45) is 27.1. The van der Waals surface area contributed by atoms with E-state index in [0.717, 1.165) is 12.8 Å². The molecule has 0 fully saturated rings. The quantitative estimate of drug-likeness (QED) is 0.0363. The molecule has 0 rings (SSSR count). The lowest BCUT2D eigenvalue weighted by atomic mass is 9.91. The van der Waals surface area contributed by atoms with E-state index in [9.17, 15) is 14.4 Å². The first-order valence-electron chi connectivity index (χ1n) is 19.4. The number of carboxylic acid groups (broad SMARTS) is 3. The molecule has 0 radical (unpaired) electrons. The van der Waals surface area contributed by atoms with Crippen molar-refractivity contribution in [3.8, 4) is 0 Å². The Kier molecular flexibility index (Phi) is 41.3. The first-order valence-corrected chi connectivity index (χ1v) is 19.4. The number of aliphatic carboxylic acids is 3. The van der Waals surface area contributed by atoms with Crippen LogP contribution in [0.25, 0.3) is 0 Å². The molecule has 13 heteroatoms. The fraction of sp³-hybridized carbons (Fsp3) is 0.921. The van der Waals surface area contributed by atoms with Crippen LogP contribution in [0.4, 0.5) is 0 Å². The van der Waals surface area contributed by atoms with Crippen LogP contribution < -0.4 is 0 Å². The van der Waals surface area contributed by atoms with Gasteiger partial charge in [-0.2, -0.15) is 0 Å². The molecule has 0 aromatic rings. The Morgan fingerprint density at radius 2 is 0.569 bits per heavy atom. The van der Waals surface area contributed by atoms with Crippen molar-refractivity contribution in [2.24, 2.45) is 10.8 Å². The molecule has 0 saturated carbocycles. The molecule has 0 bridgehead atoms. The lowest BCUT2D eigenvalue weighted by Gasteiger charge is -2.31. The molecule has 0 heterocycles. The lowest BCUT2D eigenvalue weighted by Crippen LogP contribution is -2.43. The molecule has 0 aliphatic rings. The van der Waals surface area contributed by atoms with Crippen LogP contribution in [-0.2, 0) is 19.1 Å². The minimum absolute atomic E-state index is 0.0628. The normalized spacial score (nSPS) is 11.4. The van der Waals surface area contributed by atoms with Gasteiger partial charge in [-0.05, 0) is 19.3 Å². The van der Waals surface area contributed by atoms with Crippen LogP contribution in [0.15, 0.2) is 0 Å². The van der Waals surface area contributed by atoms with Crippen molar-refractivity contribution in [2.75, 3.05) is 52.9 Å². The van der Waals surface area contributed by atoms with E-state index in [2.05, 4.69) is 6.92 Å². The highest BCUT2D eigenvalue weighted by molar-refractivity contribution is 5.68. The molecule has 51 heavy (non-hydrogen) atoms. The molecule has 0 atom stereocenters. The van der Waals surface area contributed by atoms with Crippen LogP contribution in [0.1, 0.15) is 161 Å². The molecule has 306 valence electrons. The SMILES string of the molecule is CCCCCCCCCCCCCCCCCCCCCC(=O)O.O=C(O)CCCCC(=O)O.OCC(CO)(CO)COCC(CO)(CO)CO. The summed E-state index contributed by atoms with van der Waals surface area (Å²) in [6, 6.07) is 0. The predicted octanol–water partition coefficient (Wildman–Crippen LogP) is 5.54. The molecule has 13 nitrogen and oxygen atoms in total. The van der Waals surface area contributed by atoms with Crippen LogP contribution in [0.2, 0.25) is 0 Å². The maximum absolute atomic E-state index is 10.4. The van der Waals surface area contributed by atoms with Gasteiger partial charge in [0.05, 0.1) is 63.7 Å². The Labute approximate surface area is 307 Å². The van der Waals surface area contributed by atoms with Crippen LogP contribution in [0.3, 0.4) is 0 Å². The van der Waals surface area contributed by atoms with Crippen LogP contribution in [0, 0.1) is 10.8 Å². The lowest BCUT2D eigenvalue weighted by molar-refractivity contribution is -0.139. The van der Waals surface area contributed by atoms with Gasteiger partial charge in [0.2, 0.25) is 0 Å². The standard InChI is InChI=1S/C22H44O2.C10H22O7.C6H10O4/c1-2-3-4-5-6-7-8-9-10-11-12-13-14-15-16-17-18-19-20-21-22(23)24;11-1-9(2-12,3-13)7-17-8-10(4-14,5-15)6-16;7-5(8)3-1-2-4-6(9)10/h2-21H2,1H3,(H,23,24);11-16H,1-8H2;1-4H2,(H,7,8)(H,9,10). The fourth-order valence-corrected chi connectivity index (χ4v) is 4.97. The third-order valence-electron chi connectivity index (χ3n) is 8.85. The molecule has 0 aromatic carbocycles. The molecule has 0 aliphatic heterocycles. The van der Waals surface area contributed by atoms with Gasteiger partial charge in [0.15, 0.2) is 0 Å². The number of unbranched alkanes of at least 4 members (excludes halogenated alkanes) is 19. The van der Waals surface area contributed by atoms with Crippen molar-refractivity contribution in [3.63, 3.8) is 0 Å². The van der Waals surface area contributed by atoms with Crippen molar-refractivity contribution >= 4 is 17.9 Å². The summed E-state index contributed by atoms with van der Waals surface area (Å²) in [5, 5.41) is 79.0. The van der Waals surface area contributed by atoms with E-state index in [1.807, 2.05) is 0 Å². The number of hydrogen-bond acceptors (Lipinski definition) is 10. The molecule has 0 aromatic heterocycles. The van der Waals surface area contributed by atoms with Gasteiger partial charge >= 0.3 is 17.9 Å². The van der Waals surface area contributed by atoms with Crippen molar-refractivity contribution in [2.45, 2.75) is 161 Å². The molecule has 9 N–H and O–H groups in total. The number of rotatable bonds is 35. The van der Waals surface area contributed by atoms with Crippen molar-refractivity contribution in [1.29, 1.82) is 0 Å². The second kappa shape index (κ2) is 39.3. The second-order valence-corrected chi connectivity index (χ2v) is 13.9. The minimum Gasteiger partial charge on any atom is -0.481 e. The number of hydrogen-bond donors (Lipinski definition) is 9. The first kappa shape index (κ1) is 53.5. The average molecular weight is 741 g/mol. The summed E-state index contributed by atoms with van der Waals surface area (Å²) in [6.45, 7) is -0.722. The van der Waals surface area contributed by atoms with Gasteiger partial charge in [-0.1, -0.05) is 122 Å². The number of carbonyl (C=O) groups is 3. The maximum Gasteiger partial charge on any atom is 0.303 e. The monoisotopic (exact) mass is 741 g/mol. The van der Waals surface area contributed by atoms with Crippen LogP contribution >= 0.6 is 0 Å². The fourth-order valence-electron chi connectivity index (χ4n) is 4.97. The Morgan fingerprint density at radius 1 is 0.373 bits per heavy atom. The Balaban J connectivity index is -0.000000740. The van der Waals surface area contributed by atoms with E-state index < -0.39 is 68.4 Å². The minimum atomic E-state index is -1.16. The number of aliphatic hydroxyl groups is 6. The van der Waals surface area contributed by atoms with E-state index in [0.29, 0.717) is 19.3 Å². The molecule has 0 unspecified atom stereocenters. The zero-order chi connectivity index (χ0) is 39.1. The van der Waals surface area contributed by atoms with Gasteiger partial charge in [0.1, 0.15) is 0 Å². The summed E-state index contributed by atoms with van der Waals surface area (Å²) in [5.41, 5.74) is -2.32. The third kappa shape index (κ3) is 37.7. The van der Waals surface area contributed by atoms with Gasteiger partial charge in [-0.15, -0.1) is 0 Å². The Hall–Kier alpha value is -1.87. The van der Waals surface area contributed by atoms with Gasteiger partial charge < -0.3 is 50.7 Å². The largest absolute Gasteiger partial charge is 0.481 e. The first-order chi connectivity index (χ1) is 24.5. The molecule has 0 aliphatic carbocycles.